The van der Waals surface area contributed by atoms with Crippen LogP contribution in [0.15, 0.2) is 291 Å². The maximum Gasteiger partial charge on any atom is 0.333 e. The molecular weight excluding hydrogens is 1410 g/mol. The number of aryl methyl sites for hydroxylation is 1. The first-order valence-electron chi connectivity index (χ1n) is 39.7. The minimum atomic E-state index is -0.194. The van der Waals surface area contributed by atoms with Gasteiger partial charge in [0.1, 0.15) is 0 Å². The highest BCUT2D eigenvalue weighted by Gasteiger charge is 2.50. The van der Waals surface area contributed by atoms with Crippen LogP contribution in [0.5, 0.6) is 0 Å². The van der Waals surface area contributed by atoms with Crippen LogP contribution in [0.25, 0.3) is 181 Å². The quantitative estimate of drug-likeness (QED) is 0.163. The average molecular weight is 1480 g/mol. The molecule has 0 saturated carbocycles. The van der Waals surface area contributed by atoms with Crippen molar-refractivity contribution in [1.82, 2.24) is 9.13 Å². The van der Waals surface area contributed by atoms with Crippen molar-refractivity contribution < 1.29 is 0 Å². The highest BCUT2D eigenvalue weighted by molar-refractivity contribution is 7.27. The second kappa shape index (κ2) is 21.5. The molecule has 522 valence electrons. The summed E-state index contributed by atoms with van der Waals surface area (Å²) in [5.74, 6) is 0. The lowest BCUT2D eigenvalue weighted by molar-refractivity contribution is 0.310. The molecule has 1 unspecified atom stereocenters. The third kappa shape index (κ3) is 7.70. The number of fused-ring (bicyclic) bond motifs is 34. The van der Waals surface area contributed by atoms with Gasteiger partial charge in [0.15, 0.2) is 0 Å². The van der Waals surface area contributed by atoms with Gasteiger partial charge in [-0.2, -0.15) is 0 Å². The first-order chi connectivity index (χ1) is 55.1. The van der Waals surface area contributed by atoms with Gasteiger partial charge in [0.2, 0.25) is 0 Å². The van der Waals surface area contributed by atoms with Crippen LogP contribution in [0, 0.1) is 6.92 Å². The molecule has 17 aromatic carbocycles. The number of hydrogen-bond acceptors (Lipinski definition) is 5. The van der Waals surface area contributed by atoms with Gasteiger partial charge in [0.05, 0.1) is 27.8 Å². The van der Waals surface area contributed by atoms with Crippen molar-refractivity contribution in [3.05, 3.63) is 313 Å². The number of nitrogens with zero attached hydrogens (tertiary/aromatic N) is 4. The Morgan fingerprint density at radius 2 is 0.884 bits per heavy atom. The van der Waals surface area contributed by atoms with Crippen LogP contribution >= 0.6 is 34.0 Å². The van der Waals surface area contributed by atoms with Crippen LogP contribution in [-0.2, 0) is 17.3 Å². The van der Waals surface area contributed by atoms with Crippen LogP contribution in [0.3, 0.4) is 0 Å². The highest BCUT2D eigenvalue weighted by atomic mass is 32.1. The molecule has 0 spiro atoms. The van der Waals surface area contributed by atoms with Gasteiger partial charge in [-0.25, -0.2) is 0 Å². The Balaban J connectivity index is 0.686. The second-order valence-electron chi connectivity index (χ2n) is 33.6. The van der Waals surface area contributed by atoms with Crippen molar-refractivity contribution in [2.75, 3.05) is 9.62 Å². The largest absolute Gasteiger partial charge is 0.376 e. The Hall–Kier alpha value is -12.2. The van der Waals surface area contributed by atoms with Gasteiger partial charge in [0.25, 0.3) is 0 Å². The zero-order valence-electron chi connectivity index (χ0n) is 62.0. The number of aromatic nitrogens is 2. The van der Waals surface area contributed by atoms with Crippen molar-refractivity contribution in [2.45, 2.75) is 57.8 Å². The fraction of sp³-hybridized carbons (Fsp3) is 0.0874. The van der Waals surface area contributed by atoms with Crippen molar-refractivity contribution >= 4 is 240 Å². The molecule has 9 heterocycles. The third-order valence-corrected chi connectivity index (χ3v) is 30.8. The van der Waals surface area contributed by atoms with E-state index in [2.05, 4.69) is 338 Å². The van der Waals surface area contributed by atoms with E-state index >= 15 is 0 Å². The van der Waals surface area contributed by atoms with Gasteiger partial charge in [0, 0.05) is 132 Å². The summed E-state index contributed by atoms with van der Waals surface area (Å²) in [6, 6.07) is 114. The lowest BCUT2D eigenvalue weighted by atomic mass is 9.43. The van der Waals surface area contributed by atoms with Gasteiger partial charge in [-0.1, -0.05) is 233 Å². The zero-order valence-corrected chi connectivity index (χ0v) is 64.5. The SMILES string of the molecule is Cc1cc2c(cc1N1B3c4c(cc5ccccc5c4-n4c5c3cccc5c3ccc5ccccc5c34)-c3c1ccc1sc4ccccc4c31)C(C)(C)CCC2(C)Cc1ccc2c3c4c(cc2c1)-n1c2ccc5ccccc5c2c2cccc(c21)B4N(c1cccc2sc4ccccc4c12)c1ccc2sc4ccccc4c2c1-3. The van der Waals surface area contributed by atoms with Crippen LogP contribution in [0.4, 0.5) is 22.7 Å². The van der Waals surface area contributed by atoms with Crippen molar-refractivity contribution in [2.24, 2.45) is 0 Å². The molecule has 0 bridgehead atoms. The number of para-hydroxylation sites is 2. The Kier molecular flexibility index (Phi) is 11.8. The zero-order chi connectivity index (χ0) is 73.2. The Bertz CT molecular complexity index is 8180. The van der Waals surface area contributed by atoms with E-state index in [1.165, 1.54) is 248 Å². The van der Waals surface area contributed by atoms with E-state index in [0.29, 0.717) is 0 Å². The molecule has 4 nitrogen and oxygen atoms in total. The summed E-state index contributed by atoms with van der Waals surface area (Å²) in [6.07, 6.45) is 3.04. The van der Waals surface area contributed by atoms with Gasteiger partial charge in [-0.15, -0.1) is 34.0 Å². The molecule has 0 radical (unpaired) electrons. The number of hydrogen-bond donors (Lipinski definition) is 0. The van der Waals surface area contributed by atoms with E-state index in [1.54, 1.807) is 0 Å². The summed E-state index contributed by atoms with van der Waals surface area (Å²) in [4.78, 5) is 5.63. The van der Waals surface area contributed by atoms with Gasteiger partial charge in [-0.3, -0.25) is 0 Å². The molecule has 5 aliphatic rings. The molecule has 22 aromatic rings. The van der Waals surface area contributed by atoms with E-state index in [4.69, 9.17) is 0 Å². The van der Waals surface area contributed by atoms with E-state index in [1.807, 2.05) is 34.0 Å². The standard InChI is InChI=1S/C103H66B2N4S3/c1-56-50-74-73(54-81(56)109-79-44-46-87-92(69-27-12-15-35-84(69)111-87)91(79)72-52-60-22-7-10-25-65(60)101-96(72)104(109)75-31-17-29-66-67-42-39-59-21-6-9-24-64(59)98(67)107(101)99(66)75)102(2,3)48-49-103(74,4)55-57-38-41-63-61(51-57)53-82-97-94(63)95-80(45-47-88-93(95)70-28-13-16-36-85(70)112-88)108(78-33-19-37-86-90(78)68-26-11-14-34-83(68)110-86)105(97)76-32-18-30-71-89-62-23-8-5-20-58(62)40-43-77(89)106(82)100(71)76/h5-47,50-54H,48-49,55H2,1-4H3. The summed E-state index contributed by atoms with van der Waals surface area (Å²) >= 11 is 5.76. The summed E-state index contributed by atoms with van der Waals surface area (Å²) in [7, 11) is 0. The van der Waals surface area contributed by atoms with Gasteiger partial charge >= 0.3 is 13.7 Å². The fourth-order valence-corrected chi connectivity index (χ4v) is 26.0. The Morgan fingerprint density at radius 3 is 1.62 bits per heavy atom. The number of rotatable bonds is 4. The normalized spacial score (nSPS) is 15.9. The molecule has 1 atom stereocenters. The lowest BCUT2D eigenvalue weighted by Crippen LogP contribution is -2.61. The monoisotopic (exact) mass is 1480 g/mol. The second-order valence-corrected chi connectivity index (χ2v) is 36.9. The molecular formula is C103H66B2N4S3. The van der Waals surface area contributed by atoms with Crippen molar-refractivity contribution in [1.29, 1.82) is 0 Å². The number of thiophene rings is 3. The fourth-order valence-electron chi connectivity index (χ4n) is 22.7. The first kappa shape index (κ1) is 61.5. The molecule has 27 rings (SSSR count). The van der Waals surface area contributed by atoms with E-state index < -0.39 is 0 Å². The van der Waals surface area contributed by atoms with Crippen LogP contribution in [0.1, 0.15) is 55.9 Å². The first-order valence-corrected chi connectivity index (χ1v) is 42.1. The number of anilines is 4. The smallest absolute Gasteiger partial charge is 0.333 e. The van der Waals surface area contributed by atoms with Crippen LogP contribution in [-0.4, -0.2) is 22.8 Å². The van der Waals surface area contributed by atoms with E-state index in [0.717, 1.165) is 19.3 Å². The molecule has 9 heteroatoms. The molecule has 0 saturated heterocycles. The average Bonchev–Trinajstić information content (AvgIpc) is 1.39. The number of benzene rings is 17. The van der Waals surface area contributed by atoms with Gasteiger partial charge in [-0.05, 0) is 203 Å². The molecule has 0 amide bonds. The maximum atomic E-state index is 2.84. The highest BCUT2D eigenvalue weighted by Crippen LogP contribution is 2.58. The van der Waals surface area contributed by atoms with E-state index in [-0.39, 0.29) is 24.5 Å². The lowest BCUT2D eigenvalue weighted by Gasteiger charge is -2.47. The topological polar surface area (TPSA) is 16.3 Å². The van der Waals surface area contributed by atoms with Crippen LogP contribution < -0.4 is 31.5 Å². The van der Waals surface area contributed by atoms with Crippen molar-refractivity contribution in [3.63, 3.8) is 0 Å². The molecule has 1 aliphatic carbocycles. The minimum Gasteiger partial charge on any atom is -0.376 e. The summed E-state index contributed by atoms with van der Waals surface area (Å²) in [5, 5.41) is 23.4. The maximum absolute atomic E-state index is 2.84. The minimum absolute atomic E-state index is 0.114. The third-order valence-electron chi connectivity index (χ3n) is 27.4. The predicted molar refractivity (Wildman–Crippen MR) is 486 cm³/mol. The molecule has 0 N–H and O–H groups in total. The van der Waals surface area contributed by atoms with Gasteiger partial charge < -0.3 is 18.8 Å². The van der Waals surface area contributed by atoms with Crippen molar-refractivity contribution in [3.8, 4) is 33.6 Å². The summed E-state index contributed by atoms with van der Waals surface area (Å²) < 4.78 is 13.3. The Morgan fingerprint density at radius 1 is 0.330 bits per heavy atom. The molecule has 4 aliphatic heterocycles. The summed E-state index contributed by atoms with van der Waals surface area (Å²) in [6.45, 7) is 9.84. The Labute approximate surface area is 658 Å². The molecule has 112 heavy (non-hydrogen) atoms. The predicted octanol–water partition coefficient (Wildman–Crippen LogP) is 26.0. The molecule has 5 aromatic heterocycles. The van der Waals surface area contributed by atoms with E-state index in [9.17, 15) is 0 Å². The van der Waals surface area contributed by atoms with Crippen LogP contribution in [0.2, 0.25) is 0 Å². The molecule has 0 fully saturated rings. The summed E-state index contributed by atoms with van der Waals surface area (Å²) in [5.41, 5.74) is 28.9.